The van der Waals surface area contributed by atoms with Gasteiger partial charge in [-0.25, -0.2) is 0 Å². The van der Waals surface area contributed by atoms with Crippen LogP contribution in [0.3, 0.4) is 0 Å². The monoisotopic (exact) mass is 265 g/mol. The van der Waals surface area contributed by atoms with Crippen LogP contribution in [0.15, 0.2) is 12.1 Å². The molecule has 104 valence electrons. The first kappa shape index (κ1) is 12.7. The molecule has 2 aliphatic heterocycles. The third kappa shape index (κ3) is 2.18. The van der Waals surface area contributed by atoms with Gasteiger partial charge in [0.2, 0.25) is 6.79 Å². The molecular formula is C14H19NO4. The molecule has 0 aliphatic carbocycles. The largest absolute Gasteiger partial charge is 0.454 e. The van der Waals surface area contributed by atoms with E-state index in [-0.39, 0.29) is 12.8 Å². The van der Waals surface area contributed by atoms with Gasteiger partial charge in [-0.3, -0.25) is 0 Å². The average molecular weight is 265 g/mol. The minimum Gasteiger partial charge on any atom is -0.454 e. The molecule has 1 fully saturated rings. The van der Waals surface area contributed by atoms with Crippen molar-refractivity contribution in [3.63, 3.8) is 0 Å². The summed E-state index contributed by atoms with van der Waals surface area (Å²) < 4.78 is 22.6. The molecule has 0 spiro atoms. The molecule has 0 aromatic heterocycles. The lowest BCUT2D eigenvalue weighted by molar-refractivity contribution is -0.272. The maximum absolute atomic E-state index is 5.91. The molecule has 0 amide bonds. The van der Waals surface area contributed by atoms with Crippen LogP contribution in [0.2, 0.25) is 0 Å². The summed E-state index contributed by atoms with van der Waals surface area (Å²) in [4.78, 5) is 0. The van der Waals surface area contributed by atoms with Crippen molar-refractivity contribution >= 4 is 0 Å². The molecule has 3 rings (SSSR count). The van der Waals surface area contributed by atoms with Crippen LogP contribution in [0, 0.1) is 6.92 Å². The fourth-order valence-corrected chi connectivity index (χ4v) is 2.46. The number of rotatable bonds is 2. The first-order valence-corrected chi connectivity index (χ1v) is 6.48. The fourth-order valence-electron chi connectivity index (χ4n) is 2.46. The van der Waals surface area contributed by atoms with Crippen LogP contribution in [0.4, 0.5) is 0 Å². The molecular weight excluding hydrogens is 246 g/mol. The van der Waals surface area contributed by atoms with Crippen molar-refractivity contribution in [2.75, 3.05) is 27.1 Å². The van der Waals surface area contributed by atoms with Crippen molar-refractivity contribution in [1.82, 2.24) is 5.32 Å². The summed E-state index contributed by atoms with van der Waals surface area (Å²) in [6.45, 7) is 5.50. The zero-order valence-corrected chi connectivity index (χ0v) is 11.5. The van der Waals surface area contributed by atoms with E-state index in [0.717, 1.165) is 22.6 Å². The molecule has 5 nitrogen and oxygen atoms in total. The minimum absolute atomic E-state index is 0.238. The van der Waals surface area contributed by atoms with E-state index < -0.39 is 5.79 Å². The van der Waals surface area contributed by atoms with Crippen molar-refractivity contribution in [3.8, 4) is 11.5 Å². The normalized spacial score (nSPS) is 29.5. The van der Waals surface area contributed by atoms with Gasteiger partial charge in [-0.2, -0.15) is 0 Å². The molecule has 0 saturated carbocycles. The molecule has 1 aromatic rings. The Balaban J connectivity index is 1.89. The Morgan fingerprint density at radius 2 is 1.79 bits per heavy atom. The van der Waals surface area contributed by atoms with Crippen LogP contribution in [-0.2, 0) is 15.3 Å². The fraction of sp³-hybridized carbons (Fsp3) is 0.571. The number of ether oxygens (including phenoxy) is 4. The van der Waals surface area contributed by atoms with Gasteiger partial charge in [0.1, 0.15) is 0 Å². The second-order valence-corrected chi connectivity index (χ2v) is 5.07. The van der Waals surface area contributed by atoms with Gasteiger partial charge >= 0.3 is 0 Å². The first-order valence-electron chi connectivity index (χ1n) is 6.48. The lowest BCUT2D eigenvalue weighted by Gasteiger charge is -2.38. The van der Waals surface area contributed by atoms with Gasteiger partial charge in [-0.15, -0.1) is 0 Å². The minimum atomic E-state index is -0.724. The summed E-state index contributed by atoms with van der Waals surface area (Å²) in [6.07, 6.45) is 0. The number of fused-ring (bicyclic) bond motifs is 1. The van der Waals surface area contributed by atoms with Crippen molar-refractivity contribution in [3.05, 3.63) is 23.3 Å². The Morgan fingerprint density at radius 1 is 1.16 bits per heavy atom. The van der Waals surface area contributed by atoms with Gasteiger partial charge in [0.05, 0.1) is 19.3 Å². The summed E-state index contributed by atoms with van der Waals surface area (Å²) in [6, 6.07) is 4.17. The van der Waals surface area contributed by atoms with E-state index >= 15 is 0 Å². The van der Waals surface area contributed by atoms with Gasteiger partial charge in [-0.05, 0) is 38.6 Å². The molecule has 0 radical (unpaired) electrons. The Morgan fingerprint density at radius 3 is 2.42 bits per heavy atom. The molecule has 0 unspecified atom stereocenters. The molecule has 1 N–H and O–H groups in total. The number of hydrogen-bond donors (Lipinski definition) is 1. The molecule has 2 aliphatic rings. The van der Waals surface area contributed by atoms with E-state index in [2.05, 4.69) is 5.32 Å². The molecule has 1 aromatic carbocycles. The Kier molecular flexibility index (Phi) is 3.12. The molecule has 0 atom stereocenters. The van der Waals surface area contributed by atoms with Crippen molar-refractivity contribution in [1.29, 1.82) is 0 Å². The second-order valence-electron chi connectivity index (χ2n) is 5.07. The van der Waals surface area contributed by atoms with Crippen LogP contribution < -0.4 is 14.8 Å². The van der Waals surface area contributed by atoms with E-state index in [0.29, 0.717) is 13.2 Å². The highest BCUT2D eigenvalue weighted by molar-refractivity contribution is 5.49. The van der Waals surface area contributed by atoms with E-state index in [1.807, 2.05) is 33.0 Å². The van der Waals surface area contributed by atoms with Crippen LogP contribution in [0.5, 0.6) is 11.5 Å². The number of likely N-dealkylation sites (N-methyl/N-ethyl adjacent to an activating group) is 1. The highest BCUT2D eigenvalue weighted by Crippen LogP contribution is 2.40. The standard InChI is InChI=1S/C14H19NO4/c1-9-4-12-13(17-8-16-12)5-11(9)14(2)18-6-10(15-3)7-19-14/h4-5,10,15H,6-8H2,1-3H3. The predicted molar refractivity (Wildman–Crippen MR) is 69.4 cm³/mol. The van der Waals surface area contributed by atoms with E-state index in [1.165, 1.54) is 0 Å². The number of aryl methyl sites for hydroxylation is 1. The Labute approximate surface area is 112 Å². The second kappa shape index (κ2) is 4.67. The first-order chi connectivity index (χ1) is 9.12. The molecule has 1 saturated heterocycles. The van der Waals surface area contributed by atoms with Crippen LogP contribution >= 0.6 is 0 Å². The summed E-state index contributed by atoms with van der Waals surface area (Å²) in [5.74, 6) is 0.817. The summed E-state index contributed by atoms with van der Waals surface area (Å²) in [7, 11) is 1.91. The summed E-state index contributed by atoms with van der Waals surface area (Å²) in [5, 5.41) is 3.15. The predicted octanol–water partition coefficient (Wildman–Crippen LogP) is 1.53. The smallest absolute Gasteiger partial charge is 0.231 e. The van der Waals surface area contributed by atoms with Gasteiger partial charge in [0.15, 0.2) is 17.3 Å². The van der Waals surface area contributed by atoms with Crippen LogP contribution in [0.25, 0.3) is 0 Å². The molecule has 5 heteroatoms. The van der Waals surface area contributed by atoms with Crippen molar-refractivity contribution < 1.29 is 18.9 Å². The topological polar surface area (TPSA) is 49.0 Å². The summed E-state index contributed by atoms with van der Waals surface area (Å²) in [5.41, 5.74) is 2.07. The highest BCUT2D eigenvalue weighted by Gasteiger charge is 2.36. The third-order valence-electron chi connectivity index (χ3n) is 3.74. The Bertz CT molecular complexity index is 481. The maximum Gasteiger partial charge on any atom is 0.231 e. The SMILES string of the molecule is CNC1COC(C)(c2cc3c(cc2C)OCO3)OC1. The molecule has 2 heterocycles. The van der Waals surface area contributed by atoms with Crippen molar-refractivity contribution in [2.24, 2.45) is 0 Å². The molecule has 0 bridgehead atoms. The quantitative estimate of drug-likeness (QED) is 0.879. The third-order valence-corrected chi connectivity index (χ3v) is 3.74. The highest BCUT2D eigenvalue weighted by atomic mass is 16.7. The van der Waals surface area contributed by atoms with Gasteiger partial charge in [0, 0.05) is 5.56 Å². The number of nitrogens with one attached hydrogen (secondary N) is 1. The van der Waals surface area contributed by atoms with Gasteiger partial charge in [0.25, 0.3) is 0 Å². The zero-order valence-electron chi connectivity index (χ0n) is 11.5. The van der Waals surface area contributed by atoms with Crippen LogP contribution in [0.1, 0.15) is 18.1 Å². The molecule has 19 heavy (non-hydrogen) atoms. The average Bonchev–Trinajstić information content (AvgIpc) is 2.85. The number of hydrogen-bond acceptors (Lipinski definition) is 5. The Hall–Kier alpha value is -1.30. The number of benzene rings is 1. The van der Waals surface area contributed by atoms with E-state index in [4.69, 9.17) is 18.9 Å². The van der Waals surface area contributed by atoms with E-state index in [9.17, 15) is 0 Å². The van der Waals surface area contributed by atoms with Gasteiger partial charge in [-0.1, -0.05) is 0 Å². The van der Waals surface area contributed by atoms with Crippen LogP contribution in [-0.4, -0.2) is 33.1 Å². The van der Waals surface area contributed by atoms with Crippen molar-refractivity contribution in [2.45, 2.75) is 25.7 Å². The zero-order chi connectivity index (χ0) is 13.5. The van der Waals surface area contributed by atoms with Gasteiger partial charge < -0.3 is 24.3 Å². The summed E-state index contributed by atoms with van der Waals surface area (Å²) >= 11 is 0. The lowest BCUT2D eigenvalue weighted by Crippen LogP contribution is -2.47. The van der Waals surface area contributed by atoms with E-state index in [1.54, 1.807) is 0 Å². The maximum atomic E-state index is 5.91. The lowest BCUT2D eigenvalue weighted by atomic mass is 9.99.